The van der Waals surface area contributed by atoms with Crippen molar-refractivity contribution in [2.45, 2.75) is 32.0 Å². The van der Waals surface area contributed by atoms with Crippen LogP contribution in [0.15, 0.2) is 61.2 Å². The average Bonchev–Trinajstić information content (AvgIpc) is 2.74. The predicted molar refractivity (Wildman–Crippen MR) is 113 cm³/mol. The van der Waals surface area contributed by atoms with Crippen molar-refractivity contribution in [3.05, 3.63) is 72.3 Å². The van der Waals surface area contributed by atoms with Gasteiger partial charge in [0.1, 0.15) is 17.4 Å². The molecule has 0 saturated carbocycles. The first-order valence-corrected chi connectivity index (χ1v) is 9.84. The van der Waals surface area contributed by atoms with E-state index in [4.69, 9.17) is 14.2 Å². The van der Waals surface area contributed by atoms with Crippen LogP contribution in [0.25, 0.3) is 0 Å². The standard InChI is InChI=1S/C24H27NO5/c1-5-22-23(27)25(24(22)30-16(2)26)19(14-17-6-10-20(28-3)11-7-17)15-18-8-12-21(29-4)13-9-18/h5-13,19,22,24H,1,14-15H2,2-4H3. The van der Waals surface area contributed by atoms with Gasteiger partial charge in [0.25, 0.3) is 0 Å². The van der Waals surface area contributed by atoms with Gasteiger partial charge in [-0.3, -0.25) is 9.59 Å². The van der Waals surface area contributed by atoms with Gasteiger partial charge in [-0.05, 0) is 48.2 Å². The second kappa shape index (κ2) is 9.48. The van der Waals surface area contributed by atoms with E-state index in [0.717, 1.165) is 22.6 Å². The molecule has 2 atom stereocenters. The van der Waals surface area contributed by atoms with Crippen LogP contribution in [0.3, 0.4) is 0 Å². The first-order valence-electron chi connectivity index (χ1n) is 9.84. The third-order valence-electron chi connectivity index (χ3n) is 5.32. The Labute approximate surface area is 177 Å². The predicted octanol–water partition coefficient (Wildman–Crippen LogP) is 3.39. The minimum Gasteiger partial charge on any atom is -0.497 e. The fourth-order valence-corrected chi connectivity index (χ4v) is 3.75. The molecule has 0 aromatic heterocycles. The zero-order valence-corrected chi connectivity index (χ0v) is 17.5. The SMILES string of the molecule is C=CC1C(=O)N(C(Cc2ccc(OC)cc2)Cc2ccc(OC)cc2)C1OC(C)=O. The second-order valence-corrected chi connectivity index (χ2v) is 7.27. The van der Waals surface area contributed by atoms with Gasteiger partial charge in [0.05, 0.1) is 14.2 Å². The number of amides is 1. The molecule has 1 heterocycles. The molecule has 30 heavy (non-hydrogen) atoms. The number of rotatable bonds is 9. The Bertz CT molecular complexity index is 841. The molecule has 1 fully saturated rings. The van der Waals surface area contributed by atoms with Gasteiger partial charge < -0.3 is 19.1 Å². The lowest BCUT2D eigenvalue weighted by atomic mass is 9.88. The Morgan fingerprint density at radius 1 is 1.00 bits per heavy atom. The van der Waals surface area contributed by atoms with E-state index in [9.17, 15) is 9.59 Å². The molecule has 158 valence electrons. The third-order valence-corrected chi connectivity index (χ3v) is 5.32. The van der Waals surface area contributed by atoms with Crippen LogP contribution in [0.5, 0.6) is 11.5 Å². The van der Waals surface area contributed by atoms with Crippen molar-refractivity contribution < 1.29 is 23.8 Å². The molecule has 2 aromatic carbocycles. The summed E-state index contributed by atoms with van der Waals surface area (Å²) >= 11 is 0. The normalized spacial score (nSPS) is 18.0. The van der Waals surface area contributed by atoms with Crippen LogP contribution < -0.4 is 9.47 Å². The van der Waals surface area contributed by atoms with Crippen LogP contribution in [0.1, 0.15) is 18.1 Å². The largest absolute Gasteiger partial charge is 0.497 e. The fraction of sp³-hybridized carbons (Fsp3) is 0.333. The Hall–Kier alpha value is -3.28. The molecule has 0 aliphatic carbocycles. The first kappa shape index (κ1) is 21.4. The van der Waals surface area contributed by atoms with E-state index in [0.29, 0.717) is 12.8 Å². The minimum absolute atomic E-state index is 0.0803. The van der Waals surface area contributed by atoms with Gasteiger partial charge in [-0.25, -0.2) is 0 Å². The van der Waals surface area contributed by atoms with E-state index in [2.05, 4.69) is 6.58 Å². The van der Waals surface area contributed by atoms with Crippen molar-refractivity contribution in [1.82, 2.24) is 4.90 Å². The summed E-state index contributed by atoms with van der Waals surface area (Å²) in [6.07, 6.45) is 2.14. The highest BCUT2D eigenvalue weighted by atomic mass is 16.6. The maximum absolute atomic E-state index is 12.8. The summed E-state index contributed by atoms with van der Waals surface area (Å²) in [5, 5.41) is 0. The molecule has 0 radical (unpaired) electrons. The number of benzene rings is 2. The highest BCUT2D eigenvalue weighted by Crippen LogP contribution is 2.33. The summed E-state index contributed by atoms with van der Waals surface area (Å²) in [4.78, 5) is 26.1. The number of hydrogen-bond acceptors (Lipinski definition) is 5. The topological polar surface area (TPSA) is 65.1 Å². The number of methoxy groups -OCH3 is 2. The number of carbonyl (C=O) groups is 2. The molecule has 1 aliphatic rings. The van der Waals surface area contributed by atoms with Crippen molar-refractivity contribution in [3.8, 4) is 11.5 Å². The Kier molecular flexibility index (Phi) is 6.77. The second-order valence-electron chi connectivity index (χ2n) is 7.27. The molecule has 0 N–H and O–H groups in total. The Morgan fingerprint density at radius 2 is 1.47 bits per heavy atom. The quantitative estimate of drug-likeness (QED) is 0.361. The molecule has 3 rings (SSSR count). The molecule has 6 nitrogen and oxygen atoms in total. The lowest BCUT2D eigenvalue weighted by Gasteiger charge is -2.49. The fourth-order valence-electron chi connectivity index (χ4n) is 3.75. The molecule has 0 spiro atoms. The van der Waals surface area contributed by atoms with E-state index >= 15 is 0 Å². The van der Waals surface area contributed by atoms with Gasteiger partial charge in [-0.1, -0.05) is 30.3 Å². The van der Waals surface area contributed by atoms with E-state index < -0.39 is 18.1 Å². The zero-order chi connectivity index (χ0) is 21.7. The van der Waals surface area contributed by atoms with Crippen molar-refractivity contribution in [1.29, 1.82) is 0 Å². The maximum Gasteiger partial charge on any atom is 0.304 e. The van der Waals surface area contributed by atoms with Crippen molar-refractivity contribution in [2.75, 3.05) is 14.2 Å². The summed E-state index contributed by atoms with van der Waals surface area (Å²) in [5.41, 5.74) is 2.12. The van der Waals surface area contributed by atoms with Crippen LogP contribution >= 0.6 is 0 Å². The third kappa shape index (κ3) is 4.64. The zero-order valence-electron chi connectivity index (χ0n) is 17.5. The number of esters is 1. The number of hydrogen-bond donors (Lipinski definition) is 0. The maximum atomic E-state index is 12.8. The average molecular weight is 409 g/mol. The van der Waals surface area contributed by atoms with E-state index in [1.807, 2.05) is 48.5 Å². The summed E-state index contributed by atoms with van der Waals surface area (Å²) in [7, 11) is 3.25. The van der Waals surface area contributed by atoms with Crippen molar-refractivity contribution in [3.63, 3.8) is 0 Å². The van der Waals surface area contributed by atoms with Crippen LogP contribution in [0.4, 0.5) is 0 Å². The summed E-state index contributed by atoms with van der Waals surface area (Å²) in [6.45, 7) is 5.07. The van der Waals surface area contributed by atoms with Crippen LogP contribution in [-0.2, 0) is 27.2 Å². The number of likely N-dealkylation sites (tertiary alicyclic amines) is 1. The van der Waals surface area contributed by atoms with E-state index in [1.165, 1.54) is 6.92 Å². The van der Waals surface area contributed by atoms with E-state index in [1.54, 1.807) is 25.2 Å². The molecule has 2 aromatic rings. The van der Waals surface area contributed by atoms with Gasteiger partial charge >= 0.3 is 5.97 Å². The molecule has 2 unspecified atom stereocenters. The van der Waals surface area contributed by atoms with Crippen molar-refractivity contribution in [2.24, 2.45) is 5.92 Å². The Morgan fingerprint density at radius 3 is 1.83 bits per heavy atom. The van der Waals surface area contributed by atoms with Gasteiger partial charge in [-0.2, -0.15) is 0 Å². The van der Waals surface area contributed by atoms with Crippen molar-refractivity contribution >= 4 is 11.9 Å². The number of nitrogens with zero attached hydrogens (tertiary/aromatic N) is 1. The lowest BCUT2D eigenvalue weighted by Crippen LogP contribution is -2.66. The van der Waals surface area contributed by atoms with E-state index in [-0.39, 0.29) is 11.9 Å². The number of β-lactam (4-membered cyclic amide) rings is 1. The van der Waals surface area contributed by atoms with Crippen LogP contribution in [0.2, 0.25) is 0 Å². The van der Waals surface area contributed by atoms with Gasteiger partial charge in [0.2, 0.25) is 5.91 Å². The lowest BCUT2D eigenvalue weighted by molar-refractivity contribution is -0.198. The smallest absolute Gasteiger partial charge is 0.304 e. The van der Waals surface area contributed by atoms with Crippen LogP contribution in [0, 0.1) is 5.92 Å². The molecular formula is C24H27NO5. The minimum atomic E-state index is -0.631. The van der Waals surface area contributed by atoms with Gasteiger partial charge in [0, 0.05) is 13.0 Å². The molecule has 1 amide bonds. The molecular weight excluding hydrogens is 382 g/mol. The molecule has 1 saturated heterocycles. The number of ether oxygens (including phenoxy) is 3. The summed E-state index contributed by atoms with van der Waals surface area (Å²) < 4.78 is 15.9. The van der Waals surface area contributed by atoms with Gasteiger partial charge in [0.15, 0.2) is 6.23 Å². The van der Waals surface area contributed by atoms with Crippen LogP contribution in [-0.4, -0.2) is 43.3 Å². The molecule has 0 bridgehead atoms. The molecule has 1 aliphatic heterocycles. The summed E-state index contributed by atoms with van der Waals surface area (Å²) in [5.74, 6) is 0.536. The highest BCUT2D eigenvalue weighted by molar-refractivity contribution is 5.88. The van der Waals surface area contributed by atoms with Gasteiger partial charge in [-0.15, -0.1) is 6.58 Å². The Balaban J connectivity index is 1.87. The monoisotopic (exact) mass is 409 g/mol. The molecule has 6 heteroatoms. The highest BCUT2D eigenvalue weighted by Gasteiger charge is 2.50. The number of carbonyl (C=O) groups excluding carboxylic acids is 2. The summed E-state index contributed by atoms with van der Waals surface area (Å²) in [6, 6.07) is 15.3. The first-order chi connectivity index (χ1) is 14.5.